The van der Waals surface area contributed by atoms with Gasteiger partial charge in [0.05, 0.1) is 29.1 Å². The molecule has 1 amide bonds. The first-order valence-corrected chi connectivity index (χ1v) is 17.0. The lowest BCUT2D eigenvalue weighted by molar-refractivity contribution is 0.0497. The maximum Gasteiger partial charge on any atom is 0.338 e. The molecule has 4 aromatic rings. The lowest BCUT2D eigenvalue weighted by Gasteiger charge is -2.46. The van der Waals surface area contributed by atoms with E-state index in [-0.39, 0.29) is 18.0 Å². The number of carbonyl (C=O) groups is 2. The average molecular weight is 648 g/mol. The van der Waals surface area contributed by atoms with Gasteiger partial charge >= 0.3 is 5.97 Å². The van der Waals surface area contributed by atoms with Gasteiger partial charge in [0.2, 0.25) is 0 Å². The molecule has 7 nitrogen and oxygen atoms in total. The molecule has 1 aromatic heterocycles. The Morgan fingerprint density at radius 2 is 1.62 bits per heavy atom. The van der Waals surface area contributed by atoms with Crippen molar-refractivity contribution in [2.24, 2.45) is 0 Å². The van der Waals surface area contributed by atoms with Crippen LogP contribution in [0.3, 0.4) is 0 Å². The van der Waals surface area contributed by atoms with E-state index in [9.17, 15) is 9.59 Å². The van der Waals surface area contributed by atoms with Crippen LogP contribution in [0.2, 0.25) is 0 Å². The molecule has 1 unspecified atom stereocenters. The Morgan fingerprint density at radius 3 is 2.40 bits per heavy atom. The third kappa shape index (κ3) is 6.25. The fourth-order valence-corrected chi connectivity index (χ4v) is 7.31. The lowest BCUT2D eigenvalue weighted by Crippen LogP contribution is -2.51. The summed E-state index contributed by atoms with van der Waals surface area (Å²) >= 11 is 11.8. The SMILES string of the molecule is CN1c2ccccc2C(=O)N2CCc3c(n(CCCCCCOC(=O)c4ccc(N(CCCl)CCCl)cc4)c4ccccc34)C21. The van der Waals surface area contributed by atoms with Gasteiger partial charge < -0.3 is 24.0 Å². The number of aromatic nitrogens is 1. The highest BCUT2D eigenvalue weighted by molar-refractivity contribution is 6.18. The number of fused-ring (bicyclic) bond motifs is 6. The Hall–Kier alpha value is -3.68. The Morgan fingerprint density at radius 1 is 0.911 bits per heavy atom. The molecule has 2 aliphatic rings. The van der Waals surface area contributed by atoms with Crippen LogP contribution >= 0.6 is 23.2 Å². The molecule has 0 aliphatic carbocycles. The van der Waals surface area contributed by atoms with Crippen LogP contribution < -0.4 is 9.80 Å². The fraction of sp³-hybridized carbons (Fsp3) is 0.389. The summed E-state index contributed by atoms with van der Waals surface area (Å²) in [5.41, 5.74) is 7.12. The number of aryl methyl sites for hydroxylation is 1. The molecule has 9 heteroatoms. The second-order valence-electron chi connectivity index (χ2n) is 11.7. The van der Waals surface area contributed by atoms with E-state index in [1.165, 1.54) is 22.2 Å². The molecule has 0 N–H and O–H groups in total. The number of hydrogen-bond acceptors (Lipinski definition) is 5. The number of carbonyl (C=O) groups excluding carboxylic acids is 2. The number of anilines is 2. The van der Waals surface area contributed by atoms with Crippen LogP contribution in [-0.2, 0) is 17.7 Å². The molecule has 3 aromatic carbocycles. The van der Waals surface area contributed by atoms with Crippen molar-refractivity contribution in [1.29, 1.82) is 0 Å². The quantitative estimate of drug-likeness (QED) is 0.0856. The van der Waals surface area contributed by atoms with Crippen molar-refractivity contribution in [2.75, 3.05) is 54.8 Å². The third-order valence-corrected chi connectivity index (χ3v) is 9.43. The summed E-state index contributed by atoms with van der Waals surface area (Å²) < 4.78 is 8.02. The summed E-state index contributed by atoms with van der Waals surface area (Å²) in [4.78, 5) is 32.6. The van der Waals surface area contributed by atoms with Gasteiger partial charge in [0.1, 0.15) is 6.17 Å². The van der Waals surface area contributed by atoms with E-state index in [0.29, 0.717) is 43.6 Å². The highest BCUT2D eigenvalue weighted by atomic mass is 35.5. The van der Waals surface area contributed by atoms with E-state index in [2.05, 4.69) is 45.7 Å². The Balaban J connectivity index is 1.06. The standard InChI is InChI=1S/C36H40Cl2N4O3/c1-39-31-12-6-5-11-30(31)35(43)42-22-18-29-28-10-4-7-13-32(28)41(33(29)34(39)42)21-8-2-3-9-25-45-36(44)26-14-16-27(17-15-26)40(23-19-37)24-20-38/h4-7,10-17,34H,2-3,8-9,18-25H2,1H3. The number of esters is 1. The molecule has 236 valence electrons. The topological polar surface area (TPSA) is 58.0 Å². The van der Waals surface area contributed by atoms with Crippen LogP contribution in [-0.4, -0.2) is 66.4 Å². The van der Waals surface area contributed by atoms with Crippen LogP contribution in [0.15, 0.2) is 72.8 Å². The van der Waals surface area contributed by atoms with E-state index in [1.807, 2.05) is 41.3 Å². The number of hydrogen-bond donors (Lipinski definition) is 0. The second-order valence-corrected chi connectivity index (χ2v) is 12.5. The number of unbranched alkanes of at least 4 members (excludes halogenated alkanes) is 3. The minimum absolute atomic E-state index is 0.112. The Kier molecular flexibility index (Phi) is 9.86. The minimum Gasteiger partial charge on any atom is -0.462 e. The molecule has 2 aliphatic heterocycles. The van der Waals surface area contributed by atoms with Crippen molar-refractivity contribution in [3.05, 3.63) is 95.2 Å². The van der Waals surface area contributed by atoms with Gasteiger partial charge in [-0.05, 0) is 73.7 Å². The van der Waals surface area contributed by atoms with Crippen molar-refractivity contribution < 1.29 is 14.3 Å². The largest absolute Gasteiger partial charge is 0.462 e. The maximum atomic E-state index is 13.6. The summed E-state index contributed by atoms with van der Waals surface area (Å²) in [5, 5.41) is 1.29. The van der Waals surface area contributed by atoms with Crippen molar-refractivity contribution in [2.45, 2.75) is 44.8 Å². The number of benzene rings is 3. The first-order valence-electron chi connectivity index (χ1n) is 15.9. The van der Waals surface area contributed by atoms with Crippen LogP contribution in [0.1, 0.15) is 63.8 Å². The van der Waals surface area contributed by atoms with E-state index >= 15 is 0 Å². The zero-order chi connectivity index (χ0) is 31.3. The van der Waals surface area contributed by atoms with Crippen molar-refractivity contribution >= 4 is 57.4 Å². The van der Waals surface area contributed by atoms with Gasteiger partial charge in [-0.1, -0.05) is 36.8 Å². The molecular weight excluding hydrogens is 607 g/mol. The van der Waals surface area contributed by atoms with Crippen molar-refractivity contribution in [3.8, 4) is 0 Å². The third-order valence-electron chi connectivity index (χ3n) is 9.09. The molecule has 0 radical (unpaired) electrons. The van der Waals surface area contributed by atoms with E-state index in [0.717, 1.165) is 55.6 Å². The molecule has 45 heavy (non-hydrogen) atoms. The Bertz CT molecular complexity index is 1650. The zero-order valence-electron chi connectivity index (χ0n) is 25.8. The predicted octanol–water partition coefficient (Wildman–Crippen LogP) is 7.49. The smallest absolute Gasteiger partial charge is 0.338 e. The van der Waals surface area contributed by atoms with Gasteiger partial charge in [-0.2, -0.15) is 0 Å². The second kappa shape index (κ2) is 14.2. The number of amides is 1. The van der Waals surface area contributed by atoms with Gasteiger partial charge in [0, 0.05) is 61.6 Å². The molecule has 0 spiro atoms. The minimum atomic E-state index is -0.300. The summed E-state index contributed by atoms with van der Waals surface area (Å²) in [7, 11) is 2.10. The van der Waals surface area contributed by atoms with Gasteiger partial charge in [-0.15, -0.1) is 23.2 Å². The van der Waals surface area contributed by atoms with Gasteiger partial charge in [0.25, 0.3) is 5.91 Å². The van der Waals surface area contributed by atoms with Gasteiger partial charge in [0.15, 0.2) is 0 Å². The number of rotatable bonds is 13. The predicted molar refractivity (Wildman–Crippen MR) is 183 cm³/mol. The molecule has 3 heterocycles. The average Bonchev–Trinajstić information content (AvgIpc) is 3.40. The van der Waals surface area contributed by atoms with E-state index in [1.54, 1.807) is 12.1 Å². The summed E-state index contributed by atoms with van der Waals surface area (Å²) in [5.74, 6) is 0.834. The first kappa shape index (κ1) is 31.3. The molecule has 6 rings (SSSR count). The maximum absolute atomic E-state index is 13.6. The number of para-hydroxylation sites is 2. The highest BCUT2D eigenvalue weighted by Crippen LogP contribution is 2.44. The van der Waals surface area contributed by atoms with Crippen LogP contribution in [0.25, 0.3) is 10.9 Å². The number of halogens is 2. The summed E-state index contributed by atoms with van der Waals surface area (Å²) in [6, 6.07) is 24.0. The van der Waals surface area contributed by atoms with Gasteiger partial charge in [-0.3, -0.25) is 4.79 Å². The normalized spacial score (nSPS) is 15.5. The van der Waals surface area contributed by atoms with Crippen LogP contribution in [0.4, 0.5) is 11.4 Å². The molecule has 0 bridgehead atoms. The molecule has 0 fully saturated rings. The number of nitrogens with zero attached hydrogens (tertiary/aromatic N) is 4. The highest BCUT2D eigenvalue weighted by Gasteiger charge is 2.42. The van der Waals surface area contributed by atoms with Crippen molar-refractivity contribution in [3.63, 3.8) is 0 Å². The monoisotopic (exact) mass is 646 g/mol. The van der Waals surface area contributed by atoms with Crippen LogP contribution in [0.5, 0.6) is 0 Å². The Labute approximate surface area is 275 Å². The zero-order valence-corrected chi connectivity index (χ0v) is 27.3. The fourth-order valence-electron chi connectivity index (χ4n) is 6.91. The molecule has 0 saturated carbocycles. The van der Waals surface area contributed by atoms with Crippen LogP contribution in [0, 0.1) is 0 Å². The molecule has 0 saturated heterocycles. The molecular formula is C36H40Cl2N4O3. The number of ether oxygens (including phenoxy) is 1. The van der Waals surface area contributed by atoms with E-state index in [4.69, 9.17) is 27.9 Å². The number of alkyl halides is 2. The van der Waals surface area contributed by atoms with Gasteiger partial charge in [-0.25, -0.2) is 4.79 Å². The lowest BCUT2D eigenvalue weighted by atomic mass is 9.96. The first-order chi connectivity index (χ1) is 22.0. The van der Waals surface area contributed by atoms with E-state index < -0.39 is 0 Å². The molecule has 1 atom stereocenters. The summed E-state index contributed by atoms with van der Waals surface area (Å²) in [6.45, 7) is 3.39. The van der Waals surface area contributed by atoms with Crippen molar-refractivity contribution in [1.82, 2.24) is 9.47 Å². The summed E-state index contributed by atoms with van der Waals surface area (Å²) in [6.07, 6.45) is 4.55.